The van der Waals surface area contributed by atoms with Crippen LogP contribution in [0.5, 0.6) is 0 Å². The molecule has 0 radical (unpaired) electrons. The summed E-state index contributed by atoms with van der Waals surface area (Å²) in [4.78, 5) is 29.6. The van der Waals surface area contributed by atoms with Gasteiger partial charge in [0.1, 0.15) is 5.56 Å². The molecule has 5 heteroatoms. The van der Waals surface area contributed by atoms with Crippen LogP contribution in [0.25, 0.3) is 27.7 Å². The van der Waals surface area contributed by atoms with Crippen molar-refractivity contribution >= 4 is 16.9 Å². The minimum absolute atomic E-state index is 0.0271. The van der Waals surface area contributed by atoms with Gasteiger partial charge in [-0.05, 0) is 79.4 Å². The Morgan fingerprint density at radius 3 is 2.43 bits per heavy atom. The van der Waals surface area contributed by atoms with Gasteiger partial charge >= 0.3 is 5.97 Å². The zero-order valence-electron chi connectivity index (χ0n) is 17.2. The van der Waals surface area contributed by atoms with Crippen molar-refractivity contribution in [3.8, 4) is 16.8 Å². The van der Waals surface area contributed by atoms with Crippen molar-refractivity contribution in [3.63, 3.8) is 0 Å². The van der Waals surface area contributed by atoms with Gasteiger partial charge in [-0.2, -0.15) is 0 Å². The molecule has 30 heavy (non-hydrogen) atoms. The molecular weight excluding hydrogens is 376 g/mol. The van der Waals surface area contributed by atoms with E-state index < -0.39 is 5.97 Å². The van der Waals surface area contributed by atoms with Gasteiger partial charge < -0.3 is 9.30 Å². The van der Waals surface area contributed by atoms with Crippen LogP contribution in [0.3, 0.4) is 0 Å². The van der Waals surface area contributed by atoms with E-state index >= 15 is 0 Å². The Balaban J connectivity index is 2.04. The highest BCUT2D eigenvalue weighted by molar-refractivity contribution is 5.95. The summed E-state index contributed by atoms with van der Waals surface area (Å²) in [5, 5.41) is 0.469. The number of aryl methyl sites for hydroxylation is 2. The first-order chi connectivity index (χ1) is 14.5. The largest absolute Gasteiger partial charge is 0.462 e. The third-order valence-electron chi connectivity index (χ3n) is 5.28. The molecule has 0 fully saturated rings. The quantitative estimate of drug-likeness (QED) is 0.461. The molecule has 5 nitrogen and oxygen atoms in total. The molecule has 2 aromatic carbocycles. The average Bonchev–Trinajstić information content (AvgIpc) is 2.76. The Hall–Kier alpha value is -3.73. The van der Waals surface area contributed by atoms with Gasteiger partial charge in [0.15, 0.2) is 0 Å². The fraction of sp³-hybridized carbons (Fsp3) is 0.160. The Bertz CT molecular complexity index is 1310. The van der Waals surface area contributed by atoms with Crippen LogP contribution >= 0.6 is 0 Å². The predicted molar refractivity (Wildman–Crippen MR) is 118 cm³/mol. The molecule has 4 aromatic rings. The number of hydrogen-bond donors (Lipinski definition) is 0. The zero-order valence-corrected chi connectivity index (χ0v) is 17.2. The van der Waals surface area contributed by atoms with Gasteiger partial charge in [0, 0.05) is 29.7 Å². The molecule has 0 aliphatic rings. The first-order valence-corrected chi connectivity index (χ1v) is 9.84. The van der Waals surface area contributed by atoms with E-state index in [1.54, 1.807) is 31.6 Å². The molecule has 0 saturated carbocycles. The Morgan fingerprint density at radius 1 is 0.967 bits per heavy atom. The van der Waals surface area contributed by atoms with Gasteiger partial charge in [-0.1, -0.05) is 12.1 Å². The number of rotatable bonds is 4. The van der Waals surface area contributed by atoms with E-state index in [2.05, 4.69) is 4.98 Å². The minimum Gasteiger partial charge on any atom is -0.462 e. The van der Waals surface area contributed by atoms with E-state index in [0.717, 1.165) is 27.9 Å². The van der Waals surface area contributed by atoms with Crippen molar-refractivity contribution in [2.75, 3.05) is 6.61 Å². The summed E-state index contributed by atoms with van der Waals surface area (Å²) in [5.74, 6) is -0.611. The second-order valence-electron chi connectivity index (χ2n) is 7.20. The lowest BCUT2D eigenvalue weighted by atomic mass is 10.0. The zero-order chi connectivity index (χ0) is 21.3. The first kappa shape index (κ1) is 19.6. The smallest absolute Gasteiger partial charge is 0.343 e. The molecule has 0 saturated heterocycles. The van der Waals surface area contributed by atoms with Gasteiger partial charge in [-0.25, -0.2) is 4.79 Å². The highest BCUT2D eigenvalue weighted by Gasteiger charge is 2.18. The third-order valence-corrected chi connectivity index (χ3v) is 5.28. The van der Waals surface area contributed by atoms with E-state index in [1.807, 2.05) is 60.9 Å². The highest BCUT2D eigenvalue weighted by atomic mass is 16.5. The molecule has 2 heterocycles. The maximum absolute atomic E-state index is 13.1. The number of fused-ring (bicyclic) bond motifs is 1. The number of hydrogen-bond acceptors (Lipinski definition) is 4. The summed E-state index contributed by atoms with van der Waals surface area (Å²) in [6.45, 7) is 6.02. The standard InChI is InChI=1S/C25H22N2O3/c1-4-30-25(29)22-15-27(20-7-5-16(2)17(3)13-20)23-14-19(6-8-21(23)24(22)28)18-9-11-26-12-10-18/h5-15H,4H2,1-3H3. The van der Waals surface area contributed by atoms with Gasteiger partial charge in [-0.3, -0.25) is 9.78 Å². The van der Waals surface area contributed by atoms with Gasteiger partial charge in [-0.15, -0.1) is 0 Å². The van der Waals surface area contributed by atoms with Crippen LogP contribution in [-0.2, 0) is 4.74 Å². The molecular formula is C25H22N2O3. The molecule has 0 N–H and O–H groups in total. The highest BCUT2D eigenvalue weighted by Crippen LogP contribution is 2.26. The van der Waals surface area contributed by atoms with E-state index in [9.17, 15) is 9.59 Å². The topological polar surface area (TPSA) is 61.2 Å². The lowest BCUT2D eigenvalue weighted by Crippen LogP contribution is -2.20. The van der Waals surface area contributed by atoms with Crippen LogP contribution in [0.1, 0.15) is 28.4 Å². The molecule has 2 aromatic heterocycles. The van der Waals surface area contributed by atoms with E-state index in [4.69, 9.17) is 4.74 Å². The maximum Gasteiger partial charge on any atom is 0.343 e. The summed E-state index contributed by atoms with van der Waals surface area (Å²) >= 11 is 0. The second kappa shape index (κ2) is 7.95. The molecule has 0 aliphatic carbocycles. The first-order valence-electron chi connectivity index (χ1n) is 9.84. The van der Waals surface area contributed by atoms with E-state index in [1.165, 1.54) is 5.56 Å². The number of aromatic nitrogens is 2. The number of carbonyl (C=O) groups excluding carboxylic acids is 1. The van der Waals surface area contributed by atoms with Crippen molar-refractivity contribution < 1.29 is 9.53 Å². The summed E-state index contributed by atoms with van der Waals surface area (Å²) in [7, 11) is 0. The number of pyridine rings is 2. The average molecular weight is 398 g/mol. The molecule has 0 amide bonds. The monoisotopic (exact) mass is 398 g/mol. The molecule has 0 aliphatic heterocycles. The number of nitrogens with zero attached hydrogens (tertiary/aromatic N) is 2. The molecule has 0 atom stereocenters. The number of esters is 1. The lowest BCUT2D eigenvalue weighted by molar-refractivity contribution is 0.0524. The summed E-state index contributed by atoms with van der Waals surface area (Å²) in [6, 6.07) is 15.5. The van der Waals surface area contributed by atoms with E-state index in [0.29, 0.717) is 5.39 Å². The van der Waals surface area contributed by atoms with Crippen LogP contribution in [-0.4, -0.2) is 22.1 Å². The maximum atomic E-state index is 13.1. The van der Waals surface area contributed by atoms with Crippen molar-refractivity contribution in [2.45, 2.75) is 20.8 Å². The van der Waals surface area contributed by atoms with Gasteiger partial charge in [0.25, 0.3) is 0 Å². The van der Waals surface area contributed by atoms with E-state index in [-0.39, 0.29) is 17.6 Å². The second-order valence-corrected chi connectivity index (χ2v) is 7.20. The Kier molecular flexibility index (Phi) is 5.19. The SMILES string of the molecule is CCOC(=O)c1cn(-c2ccc(C)c(C)c2)c2cc(-c3ccncc3)ccc2c1=O. The van der Waals surface area contributed by atoms with Crippen molar-refractivity contribution in [3.05, 3.63) is 94.0 Å². The number of carbonyl (C=O) groups is 1. The summed E-state index contributed by atoms with van der Waals surface area (Å²) in [6.07, 6.45) is 5.06. The summed E-state index contributed by atoms with van der Waals surface area (Å²) < 4.78 is 7.01. The molecule has 0 bridgehead atoms. The molecule has 0 unspecified atom stereocenters. The Morgan fingerprint density at radius 2 is 1.73 bits per heavy atom. The van der Waals surface area contributed by atoms with Crippen molar-refractivity contribution in [1.29, 1.82) is 0 Å². The normalized spacial score (nSPS) is 10.9. The van der Waals surface area contributed by atoms with Gasteiger partial charge in [0.2, 0.25) is 5.43 Å². The lowest BCUT2D eigenvalue weighted by Gasteiger charge is -2.16. The summed E-state index contributed by atoms with van der Waals surface area (Å²) in [5.41, 5.74) is 5.57. The van der Waals surface area contributed by atoms with Crippen LogP contribution in [0.15, 0.2) is 71.9 Å². The minimum atomic E-state index is -0.611. The molecule has 150 valence electrons. The van der Waals surface area contributed by atoms with Crippen LogP contribution in [0, 0.1) is 13.8 Å². The molecule has 0 spiro atoms. The number of benzene rings is 2. The fourth-order valence-corrected chi connectivity index (χ4v) is 3.49. The van der Waals surface area contributed by atoms with Crippen molar-refractivity contribution in [1.82, 2.24) is 9.55 Å². The third kappa shape index (κ3) is 3.50. The predicted octanol–water partition coefficient (Wildman–Crippen LogP) is 4.85. The van der Waals surface area contributed by atoms with Crippen LogP contribution in [0.4, 0.5) is 0 Å². The Labute approximate surface area is 174 Å². The molecule has 4 rings (SSSR count). The van der Waals surface area contributed by atoms with Crippen LogP contribution < -0.4 is 5.43 Å². The van der Waals surface area contributed by atoms with Crippen molar-refractivity contribution in [2.24, 2.45) is 0 Å². The van der Waals surface area contributed by atoms with Gasteiger partial charge in [0.05, 0.1) is 12.1 Å². The van der Waals surface area contributed by atoms with Crippen LogP contribution in [0.2, 0.25) is 0 Å². The fourth-order valence-electron chi connectivity index (χ4n) is 3.49. The number of ether oxygens (including phenoxy) is 1.